The van der Waals surface area contributed by atoms with E-state index in [1.807, 2.05) is 42.3 Å². The lowest BCUT2D eigenvalue weighted by atomic mass is 10.0. The Bertz CT molecular complexity index is 795. The Morgan fingerprint density at radius 2 is 1.86 bits per heavy atom. The van der Waals surface area contributed by atoms with Crippen LogP contribution in [0.4, 0.5) is 0 Å². The molecule has 0 bridgehead atoms. The second kappa shape index (κ2) is 9.71. The van der Waals surface area contributed by atoms with Gasteiger partial charge in [0.05, 0.1) is 0 Å². The van der Waals surface area contributed by atoms with E-state index in [0.29, 0.717) is 29.6 Å². The van der Waals surface area contributed by atoms with Crippen LogP contribution >= 0.6 is 11.6 Å². The highest BCUT2D eigenvalue weighted by Crippen LogP contribution is 2.15. The molecular formula is C22H26ClN3O2. The molecule has 2 N–H and O–H groups in total. The highest BCUT2D eigenvalue weighted by Gasteiger charge is 2.30. The van der Waals surface area contributed by atoms with Crippen molar-refractivity contribution in [2.45, 2.75) is 31.3 Å². The van der Waals surface area contributed by atoms with Crippen molar-refractivity contribution in [3.8, 4) is 0 Å². The Labute approximate surface area is 171 Å². The average molecular weight is 400 g/mol. The third-order valence-electron chi connectivity index (χ3n) is 5.13. The quantitative estimate of drug-likeness (QED) is 0.785. The minimum atomic E-state index is -0.610. The van der Waals surface area contributed by atoms with Crippen LogP contribution in [0.5, 0.6) is 0 Å². The van der Waals surface area contributed by atoms with Gasteiger partial charge in [0.1, 0.15) is 6.04 Å². The van der Waals surface area contributed by atoms with Gasteiger partial charge in [-0.3, -0.25) is 9.59 Å². The Morgan fingerprint density at radius 1 is 1.14 bits per heavy atom. The molecule has 1 fully saturated rings. The van der Waals surface area contributed by atoms with Gasteiger partial charge >= 0.3 is 0 Å². The number of hydrogen-bond donors (Lipinski definition) is 2. The van der Waals surface area contributed by atoms with Gasteiger partial charge in [0.25, 0.3) is 5.91 Å². The molecule has 1 saturated heterocycles. The second-order valence-corrected chi connectivity index (χ2v) is 7.57. The van der Waals surface area contributed by atoms with E-state index in [1.54, 1.807) is 24.3 Å². The van der Waals surface area contributed by atoms with E-state index in [-0.39, 0.29) is 11.8 Å². The lowest BCUT2D eigenvalue weighted by Gasteiger charge is -2.35. The fourth-order valence-corrected chi connectivity index (χ4v) is 3.65. The van der Waals surface area contributed by atoms with Gasteiger partial charge < -0.3 is 15.5 Å². The predicted octanol–water partition coefficient (Wildman–Crippen LogP) is 2.89. The van der Waals surface area contributed by atoms with Gasteiger partial charge in [-0.15, -0.1) is 0 Å². The Hall–Kier alpha value is -2.37. The van der Waals surface area contributed by atoms with E-state index in [0.717, 1.165) is 24.9 Å². The molecule has 1 heterocycles. The van der Waals surface area contributed by atoms with Gasteiger partial charge in [-0.1, -0.05) is 41.9 Å². The zero-order valence-corrected chi connectivity index (χ0v) is 16.8. The maximum absolute atomic E-state index is 13.2. The smallest absolute Gasteiger partial charge is 0.251 e. The van der Waals surface area contributed by atoms with E-state index in [9.17, 15) is 9.59 Å². The zero-order chi connectivity index (χ0) is 19.9. The molecule has 2 aromatic carbocycles. The van der Waals surface area contributed by atoms with Crippen molar-refractivity contribution in [1.29, 1.82) is 0 Å². The van der Waals surface area contributed by atoms with Crippen LogP contribution in [0, 0.1) is 0 Å². The van der Waals surface area contributed by atoms with Crippen LogP contribution in [0.15, 0.2) is 54.6 Å². The molecule has 1 aliphatic heterocycles. The molecule has 2 aromatic rings. The van der Waals surface area contributed by atoms with Crippen LogP contribution in [0.2, 0.25) is 5.02 Å². The first-order chi connectivity index (χ1) is 13.6. The fourth-order valence-electron chi connectivity index (χ4n) is 3.53. The normalized spacial score (nSPS) is 17.8. The van der Waals surface area contributed by atoms with Crippen LogP contribution < -0.4 is 10.6 Å². The maximum Gasteiger partial charge on any atom is 0.251 e. The molecule has 148 valence electrons. The highest BCUT2D eigenvalue weighted by molar-refractivity contribution is 6.30. The molecule has 2 amide bonds. The van der Waals surface area contributed by atoms with E-state index >= 15 is 0 Å². The molecular weight excluding hydrogens is 374 g/mol. The lowest BCUT2D eigenvalue weighted by molar-refractivity contribution is -0.134. The van der Waals surface area contributed by atoms with Crippen LogP contribution in [-0.4, -0.2) is 48.9 Å². The summed E-state index contributed by atoms with van der Waals surface area (Å²) in [5, 5.41) is 6.76. The first-order valence-electron chi connectivity index (χ1n) is 9.63. The van der Waals surface area contributed by atoms with Crippen LogP contribution in [-0.2, 0) is 11.2 Å². The van der Waals surface area contributed by atoms with Gasteiger partial charge in [0, 0.05) is 36.1 Å². The number of nitrogens with zero attached hydrogens (tertiary/aromatic N) is 1. The molecule has 28 heavy (non-hydrogen) atoms. The summed E-state index contributed by atoms with van der Waals surface area (Å²) >= 11 is 5.91. The third kappa shape index (κ3) is 5.33. The molecule has 5 nitrogen and oxygen atoms in total. The Kier molecular flexibility index (Phi) is 7.06. The SMILES string of the molecule is CNC1CCCN(C(=O)C(Cc2ccccc2)NC(=O)c2ccc(Cl)cc2)C1. The summed E-state index contributed by atoms with van der Waals surface area (Å²) in [6, 6.07) is 16.1. The molecule has 0 aromatic heterocycles. The number of carbonyl (C=O) groups is 2. The van der Waals surface area contributed by atoms with Gasteiger partial charge in [-0.2, -0.15) is 0 Å². The summed E-state index contributed by atoms with van der Waals surface area (Å²) in [5.74, 6) is -0.306. The zero-order valence-electron chi connectivity index (χ0n) is 16.0. The largest absolute Gasteiger partial charge is 0.340 e. The molecule has 6 heteroatoms. The second-order valence-electron chi connectivity index (χ2n) is 7.13. The molecule has 2 atom stereocenters. The molecule has 3 rings (SSSR count). The van der Waals surface area contributed by atoms with E-state index in [1.165, 1.54) is 0 Å². The summed E-state index contributed by atoms with van der Waals surface area (Å²) in [6.45, 7) is 1.39. The maximum atomic E-state index is 13.2. The van der Waals surface area contributed by atoms with Crippen molar-refractivity contribution in [2.24, 2.45) is 0 Å². The van der Waals surface area contributed by atoms with Gasteiger partial charge in [-0.25, -0.2) is 0 Å². The summed E-state index contributed by atoms with van der Waals surface area (Å²) in [6.07, 6.45) is 2.47. The van der Waals surface area contributed by atoms with E-state index in [2.05, 4.69) is 10.6 Å². The summed E-state index contributed by atoms with van der Waals surface area (Å²) < 4.78 is 0. The molecule has 1 aliphatic rings. The summed E-state index contributed by atoms with van der Waals surface area (Å²) in [4.78, 5) is 27.8. The van der Waals surface area contributed by atoms with E-state index < -0.39 is 6.04 Å². The number of halogens is 1. The van der Waals surface area contributed by atoms with Crippen LogP contribution in [0.25, 0.3) is 0 Å². The average Bonchev–Trinajstić information content (AvgIpc) is 2.74. The number of rotatable bonds is 6. The Morgan fingerprint density at radius 3 is 2.54 bits per heavy atom. The topological polar surface area (TPSA) is 61.4 Å². The minimum absolute atomic E-state index is 0.0360. The number of hydrogen-bond acceptors (Lipinski definition) is 3. The summed E-state index contributed by atoms with van der Waals surface area (Å²) in [7, 11) is 1.92. The number of piperidine rings is 1. The molecule has 2 unspecified atom stereocenters. The lowest BCUT2D eigenvalue weighted by Crippen LogP contribution is -2.54. The van der Waals surface area contributed by atoms with Gasteiger partial charge in [-0.05, 0) is 49.7 Å². The van der Waals surface area contributed by atoms with Crippen molar-refractivity contribution in [2.75, 3.05) is 20.1 Å². The van der Waals surface area contributed by atoms with Crippen molar-refractivity contribution in [1.82, 2.24) is 15.5 Å². The first kappa shape index (κ1) is 20.4. The fraction of sp³-hybridized carbons (Fsp3) is 0.364. The first-order valence-corrected chi connectivity index (χ1v) is 10.0. The van der Waals surface area contributed by atoms with Crippen molar-refractivity contribution in [3.05, 3.63) is 70.7 Å². The van der Waals surface area contributed by atoms with Crippen molar-refractivity contribution >= 4 is 23.4 Å². The molecule has 0 saturated carbocycles. The molecule has 0 spiro atoms. The van der Waals surface area contributed by atoms with Crippen molar-refractivity contribution < 1.29 is 9.59 Å². The van der Waals surface area contributed by atoms with Gasteiger partial charge in [0.2, 0.25) is 5.91 Å². The van der Waals surface area contributed by atoms with Crippen LogP contribution in [0.3, 0.4) is 0 Å². The Balaban J connectivity index is 1.77. The number of nitrogens with one attached hydrogen (secondary N) is 2. The minimum Gasteiger partial charge on any atom is -0.340 e. The third-order valence-corrected chi connectivity index (χ3v) is 5.39. The predicted molar refractivity (Wildman–Crippen MR) is 112 cm³/mol. The van der Waals surface area contributed by atoms with Crippen LogP contribution in [0.1, 0.15) is 28.8 Å². The van der Waals surface area contributed by atoms with Crippen molar-refractivity contribution in [3.63, 3.8) is 0 Å². The summed E-state index contributed by atoms with van der Waals surface area (Å²) in [5.41, 5.74) is 1.50. The number of likely N-dealkylation sites (tertiary alicyclic amines) is 1. The van der Waals surface area contributed by atoms with Gasteiger partial charge in [0.15, 0.2) is 0 Å². The monoisotopic (exact) mass is 399 g/mol. The highest BCUT2D eigenvalue weighted by atomic mass is 35.5. The molecule has 0 radical (unpaired) electrons. The molecule has 0 aliphatic carbocycles. The standard InChI is InChI=1S/C22H26ClN3O2/c1-24-19-8-5-13-26(15-19)22(28)20(14-16-6-3-2-4-7-16)25-21(27)17-9-11-18(23)12-10-17/h2-4,6-7,9-12,19-20,24H,5,8,13-15H2,1H3,(H,25,27). The number of carbonyl (C=O) groups excluding carboxylic acids is 2. The van der Waals surface area contributed by atoms with E-state index in [4.69, 9.17) is 11.6 Å². The number of amides is 2. The number of likely N-dealkylation sites (N-methyl/N-ethyl adjacent to an activating group) is 1. The number of benzene rings is 2.